The average Bonchev–Trinajstić information content (AvgIpc) is 2.82. The van der Waals surface area contributed by atoms with Gasteiger partial charge in [0.05, 0.1) is 5.69 Å². The normalized spacial score (nSPS) is 12.7. The third-order valence-electron chi connectivity index (χ3n) is 2.34. The van der Waals surface area contributed by atoms with E-state index in [0.717, 1.165) is 11.3 Å². The SMILES string of the molecule is NC[C@@H](N)c1ccc(-n2cccn2)cc1. The number of nitrogens with zero attached hydrogens (tertiary/aromatic N) is 2. The molecule has 4 N–H and O–H groups in total. The predicted octanol–water partition coefficient (Wildman–Crippen LogP) is 0.831. The summed E-state index contributed by atoms with van der Waals surface area (Å²) in [6.07, 6.45) is 3.65. The highest BCUT2D eigenvalue weighted by atomic mass is 15.3. The van der Waals surface area contributed by atoms with Gasteiger partial charge in [-0.2, -0.15) is 5.10 Å². The molecule has 2 rings (SSSR count). The molecule has 4 nitrogen and oxygen atoms in total. The number of rotatable bonds is 3. The van der Waals surface area contributed by atoms with E-state index in [2.05, 4.69) is 5.10 Å². The standard InChI is InChI=1S/C11H14N4/c12-8-11(13)9-2-4-10(5-3-9)15-7-1-6-14-15/h1-7,11H,8,12-13H2/t11-/m1/s1. The lowest BCUT2D eigenvalue weighted by Gasteiger charge is -2.09. The molecule has 1 aromatic heterocycles. The first-order valence-electron chi connectivity index (χ1n) is 4.87. The number of hydrogen-bond acceptors (Lipinski definition) is 3. The van der Waals surface area contributed by atoms with Crippen molar-refractivity contribution in [3.63, 3.8) is 0 Å². The molecule has 1 aromatic carbocycles. The van der Waals surface area contributed by atoms with Gasteiger partial charge < -0.3 is 11.5 Å². The van der Waals surface area contributed by atoms with E-state index >= 15 is 0 Å². The fraction of sp³-hybridized carbons (Fsp3) is 0.182. The molecular weight excluding hydrogens is 188 g/mol. The quantitative estimate of drug-likeness (QED) is 0.774. The van der Waals surface area contributed by atoms with Crippen molar-refractivity contribution in [3.8, 4) is 5.69 Å². The Labute approximate surface area is 88.5 Å². The fourth-order valence-corrected chi connectivity index (χ4v) is 1.43. The Morgan fingerprint density at radius 2 is 2.00 bits per heavy atom. The Hall–Kier alpha value is -1.65. The zero-order valence-corrected chi connectivity index (χ0v) is 8.38. The summed E-state index contributed by atoms with van der Waals surface area (Å²) in [5, 5.41) is 4.14. The van der Waals surface area contributed by atoms with Gasteiger partial charge in [-0.05, 0) is 23.8 Å². The Kier molecular flexibility index (Phi) is 2.80. The third-order valence-corrected chi connectivity index (χ3v) is 2.34. The van der Waals surface area contributed by atoms with E-state index in [9.17, 15) is 0 Å². The monoisotopic (exact) mass is 202 g/mol. The number of nitrogens with two attached hydrogens (primary N) is 2. The van der Waals surface area contributed by atoms with Crippen molar-refractivity contribution in [1.82, 2.24) is 9.78 Å². The smallest absolute Gasteiger partial charge is 0.0645 e. The zero-order valence-electron chi connectivity index (χ0n) is 8.38. The van der Waals surface area contributed by atoms with Gasteiger partial charge in [-0.3, -0.25) is 0 Å². The second kappa shape index (κ2) is 4.25. The van der Waals surface area contributed by atoms with Crippen LogP contribution in [0.2, 0.25) is 0 Å². The summed E-state index contributed by atoms with van der Waals surface area (Å²) >= 11 is 0. The summed E-state index contributed by atoms with van der Waals surface area (Å²) in [6, 6.07) is 9.73. The first kappa shape index (κ1) is 9.89. The van der Waals surface area contributed by atoms with E-state index in [0.29, 0.717) is 6.54 Å². The molecule has 0 aliphatic carbocycles. The van der Waals surface area contributed by atoms with Gasteiger partial charge in [0, 0.05) is 25.0 Å². The molecule has 2 aromatic rings. The van der Waals surface area contributed by atoms with Crippen molar-refractivity contribution in [2.75, 3.05) is 6.54 Å². The number of benzene rings is 1. The Morgan fingerprint density at radius 1 is 1.27 bits per heavy atom. The lowest BCUT2D eigenvalue weighted by molar-refractivity contribution is 0.736. The topological polar surface area (TPSA) is 69.9 Å². The summed E-state index contributed by atoms with van der Waals surface area (Å²) in [7, 11) is 0. The highest BCUT2D eigenvalue weighted by molar-refractivity contribution is 5.34. The molecule has 4 heteroatoms. The second-order valence-corrected chi connectivity index (χ2v) is 3.38. The lowest BCUT2D eigenvalue weighted by Crippen LogP contribution is -2.20. The van der Waals surface area contributed by atoms with E-state index in [1.807, 2.05) is 36.5 Å². The first-order chi connectivity index (χ1) is 7.31. The van der Waals surface area contributed by atoms with Crippen LogP contribution in [0.3, 0.4) is 0 Å². The van der Waals surface area contributed by atoms with Crippen LogP contribution in [0.1, 0.15) is 11.6 Å². The van der Waals surface area contributed by atoms with Crippen molar-refractivity contribution >= 4 is 0 Å². The van der Waals surface area contributed by atoms with Crippen LogP contribution in [-0.2, 0) is 0 Å². The van der Waals surface area contributed by atoms with Gasteiger partial charge in [-0.1, -0.05) is 12.1 Å². The largest absolute Gasteiger partial charge is 0.329 e. The van der Waals surface area contributed by atoms with Gasteiger partial charge in [0.15, 0.2) is 0 Å². The van der Waals surface area contributed by atoms with Gasteiger partial charge in [0.2, 0.25) is 0 Å². The summed E-state index contributed by atoms with van der Waals surface area (Å²) in [5.74, 6) is 0. The molecule has 78 valence electrons. The van der Waals surface area contributed by atoms with Crippen LogP contribution in [0, 0.1) is 0 Å². The Morgan fingerprint density at radius 3 is 2.53 bits per heavy atom. The summed E-state index contributed by atoms with van der Waals surface area (Å²) < 4.78 is 1.80. The van der Waals surface area contributed by atoms with E-state index < -0.39 is 0 Å². The predicted molar refractivity (Wildman–Crippen MR) is 59.5 cm³/mol. The maximum atomic E-state index is 5.82. The highest BCUT2D eigenvalue weighted by Gasteiger charge is 2.03. The van der Waals surface area contributed by atoms with Crippen LogP contribution >= 0.6 is 0 Å². The maximum absolute atomic E-state index is 5.82. The molecule has 15 heavy (non-hydrogen) atoms. The minimum Gasteiger partial charge on any atom is -0.329 e. The number of aromatic nitrogens is 2. The third kappa shape index (κ3) is 2.06. The van der Waals surface area contributed by atoms with Gasteiger partial charge in [0.25, 0.3) is 0 Å². The molecule has 0 aliphatic heterocycles. The van der Waals surface area contributed by atoms with Gasteiger partial charge >= 0.3 is 0 Å². The van der Waals surface area contributed by atoms with Crippen molar-refractivity contribution in [1.29, 1.82) is 0 Å². The second-order valence-electron chi connectivity index (χ2n) is 3.38. The van der Waals surface area contributed by atoms with E-state index in [-0.39, 0.29) is 6.04 Å². The van der Waals surface area contributed by atoms with E-state index in [1.165, 1.54) is 0 Å². The van der Waals surface area contributed by atoms with E-state index in [1.54, 1.807) is 10.9 Å². The molecule has 1 atom stereocenters. The molecule has 1 heterocycles. The van der Waals surface area contributed by atoms with Crippen LogP contribution in [0.15, 0.2) is 42.7 Å². The van der Waals surface area contributed by atoms with Crippen LogP contribution in [-0.4, -0.2) is 16.3 Å². The van der Waals surface area contributed by atoms with Crippen LogP contribution < -0.4 is 11.5 Å². The summed E-state index contributed by atoms with van der Waals surface area (Å²) in [6.45, 7) is 0.459. The maximum Gasteiger partial charge on any atom is 0.0645 e. The molecule has 0 fully saturated rings. The van der Waals surface area contributed by atoms with Crippen molar-refractivity contribution in [2.24, 2.45) is 11.5 Å². The molecule has 0 amide bonds. The van der Waals surface area contributed by atoms with Crippen LogP contribution in [0.25, 0.3) is 5.69 Å². The highest BCUT2D eigenvalue weighted by Crippen LogP contribution is 2.12. The Balaban J connectivity index is 2.25. The fourth-order valence-electron chi connectivity index (χ4n) is 1.43. The first-order valence-corrected chi connectivity index (χ1v) is 4.87. The minimum absolute atomic E-state index is 0.0864. The van der Waals surface area contributed by atoms with Crippen molar-refractivity contribution in [2.45, 2.75) is 6.04 Å². The van der Waals surface area contributed by atoms with Crippen molar-refractivity contribution in [3.05, 3.63) is 48.3 Å². The molecule has 0 unspecified atom stereocenters. The molecule has 0 bridgehead atoms. The number of hydrogen-bond donors (Lipinski definition) is 2. The molecule has 0 radical (unpaired) electrons. The summed E-state index contributed by atoms with van der Waals surface area (Å²) in [5.41, 5.74) is 13.4. The molecule has 0 saturated heterocycles. The van der Waals surface area contributed by atoms with Crippen molar-refractivity contribution < 1.29 is 0 Å². The Bertz CT molecular complexity index is 405. The molecule has 0 spiro atoms. The minimum atomic E-state index is -0.0864. The van der Waals surface area contributed by atoms with Crippen LogP contribution in [0.4, 0.5) is 0 Å². The van der Waals surface area contributed by atoms with Gasteiger partial charge in [0.1, 0.15) is 0 Å². The lowest BCUT2D eigenvalue weighted by atomic mass is 10.1. The molecule has 0 aliphatic rings. The van der Waals surface area contributed by atoms with E-state index in [4.69, 9.17) is 11.5 Å². The molecule has 0 saturated carbocycles. The van der Waals surface area contributed by atoms with Gasteiger partial charge in [-0.25, -0.2) is 4.68 Å². The molecular formula is C11H14N4. The zero-order chi connectivity index (χ0) is 10.7. The summed E-state index contributed by atoms with van der Waals surface area (Å²) in [4.78, 5) is 0. The van der Waals surface area contributed by atoms with Crippen LogP contribution in [0.5, 0.6) is 0 Å². The van der Waals surface area contributed by atoms with Gasteiger partial charge in [-0.15, -0.1) is 0 Å². The average molecular weight is 202 g/mol.